The zero-order valence-corrected chi connectivity index (χ0v) is 12.2. The third-order valence-corrected chi connectivity index (χ3v) is 3.72. The Morgan fingerprint density at radius 2 is 2.25 bits per heavy atom. The first-order chi connectivity index (χ1) is 9.70. The zero-order chi connectivity index (χ0) is 13.9. The van der Waals surface area contributed by atoms with Gasteiger partial charge in [-0.05, 0) is 19.9 Å². The highest BCUT2D eigenvalue weighted by molar-refractivity contribution is 5.94. The van der Waals surface area contributed by atoms with E-state index in [1.807, 2.05) is 13.2 Å². The summed E-state index contributed by atoms with van der Waals surface area (Å²) in [5.41, 5.74) is 0.955. The Labute approximate surface area is 119 Å². The first kappa shape index (κ1) is 13.6. The van der Waals surface area contributed by atoms with Crippen molar-refractivity contribution in [3.8, 4) is 0 Å². The van der Waals surface area contributed by atoms with Crippen molar-refractivity contribution >= 4 is 5.90 Å². The topological polar surface area (TPSA) is 51.9 Å². The summed E-state index contributed by atoms with van der Waals surface area (Å²) in [5.74, 6) is 0.716. The molecule has 0 radical (unpaired) electrons. The second-order valence-corrected chi connectivity index (χ2v) is 5.64. The highest BCUT2D eigenvalue weighted by Gasteiger charge is 2.25. The van der Waals surface area contributed by atoms with E-state index < -0.39 is 0 Å². The van der Waals surface area contributed by atoms with Gasteiger partial charge in [-0.1, -0.05) is 0 Å². The lowest BCUT2D eigenvalue weighted by molar-refractivity contribution is 0.0681. The van der Waals surface area contributed by atoms with Crippen molar-refractivity contribution in [3.63, 3.8) is 0 Å². The smallest absolute Gasteiger partial charge is 0.219 e. The van der Waals surface area contributed by atoms with Crippen molar-refractivity contribution in [2.45, 2.75) is 25.0 Å². The van der Waals surface area contributed by atoms with Gasteiger partial charge in [-0.25, -0.2) is 4.99 Å². The molecule has 3 heterocycles. The summed E-state index contributed by atoms with van der Waals surface area (Å²) < 4.78 is 13.3. The van der Waals surface area contributed by atoms with Crippen LogP contribution in [0.4, 0.5) is 0 Å². The minimum absolute atomic E-state index is 0.136. The van der Waals surface area contributed by atoms with Gasteiger partial charge in [0.05, 0.1) is 24.4 Å². The predicted octanol–water partition coefficient (Wildman–Crippen LogP) is 0.676. The number of rotatable bonds is 5. The summed E-state index contributed by atoms with van der Waals surface area (Å²) in [4.78, 5) is 6.75. The zero-order valence-electron chi connectivity index (χ0n) is 12.2. The van der Waals surface area contributed by atoms with Crippen molar-refractivity contribution in [2.24, 2.45) is 12.0 Å². The lowest BCUT2D eigenvalue weighted by Crippen LogP contribution is -2.36. The van der Waals surface area contributed by atoms with Gasteiger partial charge in [0.15, 0.2) is 0 Å². The van der Waals surface area contributed by atoms with Crippen LogP contribution >= 0.6 is 0 Å². The number of hydrogen-bond acceptors (Lipinski definition) is 5. The van der Waals surface area contributed by atoms with Gasteiger partial charge in [0.1, 0.15) is 6.10 Å². The molecule has 1 aromatic heterocycles. The molecule has 3 rings (SSSR count). The molecule has 1 saturated heterocycles. The first-order valence-corrected chi connectivity index (χ1v) is 7.21. The predicted molar refractivity (Wildman–Crippen MR) is 76.0 cm³/mol. The maximum absolute atomic E-state index is 5.91. The fourth-order valence-corrected chi connectivity index (χ4v) is 2.76. The van der Waals surface area contributed by atoms with Crippen molar-refractivity contribution in [2.75, 3.05) is 33.3 Å². The molecule has 0 aromatic carbocycles. The van der Waals surface area contributed by atoms with E-state index in [2.05, 4.69) is 22.0 Å². The summed E-state index contributed by atoms with van der Waals surface area (Å²) >= 11 is 0. The monoisotopic (exact) mass is 278 g/mol. The molecule has 2 atom stereocenters. The van der Waals surface area contributed by atoms with E-state index >= 15 is 0 Å². The van der Waals surface area contributed by atoms with Gasteiger partial charge in [-0.15, -0.1) is 0 Å². The van der Waals surface area contributed by atoms with Gasteiger partial charge >= 0.3 is 0 Å². The molecule has 1 aromatic rings. The van der Waals surface area contributed by atoms with Crippen molar-refractivity contribution < 1.29 is 9.47 Å². The van der Waals surface area contributed by atoms with Gasteiger partial charge in [-0.3, -0.25) is 4.68 Å². The second kappa shape index (κ2) is 5.93. The van der Waals surface area contributed by atoms with Gasteiger partial charge in [0.2, 0.25) is 5.90 Å². The molecule has 0 amide bonds. The van der Waals surface area contributed by atoms with E-state index in [0.29, 0.717) is 12.0 Å². The Morgan fingerprint density at radius 3 is 2.95 bits per heavy atom. The standard InChI is InChI=1S/C14H22N4O2/c1-17(9-12-4-3-5-19-12)10-13-7-15-14(20-13)11-6-16-18(2)8-11/h6,8,12-13H,3-5,7,9-10H2,1-2H3/t12-,13?/m1/s1. The minimum Gasteiger partial charge on any atom is -0.471 e. The maximum atomic E-state index is 5.91. The van der Waals surface area contributed by atoms with Crippen LogP contribution in [0.5, 0.6) is 0 Å². The van der Waals surface area contributed by atoms with Crippen LogP contribution in [0.2, 0.25) is 0 Å². The van der Waals surface area contributed by atoms with E-state index in [9.17, 15) is 0 Å². The Morgan fingerprint density at radius 1 is 1.40 bits per heavy atom. The summed E-state index contributed by atoms with van der Waals surface area (Å²) in [5, 5.41) is 4.14. The molecular formula is C14H22N4O2. The highest BCUT2D eigenvalue weighted by atomic mass is 16.5. The number of nitrogens with zero attached hydrogens (tertiary/aromatic N) is 4. The number of likely N-dealkylation sites (N-methyl/N-ethyl adjacent to an activating group) is 1. The van der Waals surface area contributed by atoms with E-state index in [0.717, 1.165) is 31.8 Å². The molecule has 0 N–H and O–H groups in total. The quantitative estimate of drug-likeness (QED) is 0.794. The summed E-state index contributed by atoms with van der Waals surface area (Å²) in [6.07, 6.45) is 6.60. The Bertz CT molecular complexity index is 479. The minimum atomic E-state index is 0.136. The Hall–Kier alpha value is -1.40. The van der Waals surface area contributed by atoms with Crippen LogP contribution in [0.1, 0.15) is 18.4 Å². The molecule has 2 aliphatic heterocycles. The molecule has 1 unspecified atom stereocenters. The van der Waals surface area contributed by atoms with Crippen LogP contribution in [0.25, 0.3) is 0 Å². The molecule has 0 saturated carbocycles. The van der Waals surface area contributed by atoms with Gasteiger partial charge < -0.3 is 14.4 Å². The fourth-order valence-electron chi connectivity index (χ4n) is 2.76. The van der Waals surface area contributed by atoms with Crippen LogP contribution in [-0.2, 0) is 16.5 Å². The fraction of sp³-hybridized carbons (Fsp3) is 0.714. The highest BCUT2D eigenvalue weighted by Crippen LogP contribution is 2.15. The normalized spacial score (nSPS) is 26.1. The number of hydrogen-bond donors (Lipinski definition) is 0. The molecular weight excluding hydrogens is 256 g/mol. The van der Waals surface area contributed by atoms with Crippen molar-refractivity contribution in [1.29, 1.82) is 0 Å². The van der Waals surface area contributed by atoms with E-state index in [1.54, 1.807) is 10.9 Å². The molecule has 6 nitrogen and oxygen atoms in total. The van der Waals surface area contributed by atoms with Crippen molar-refractivity contribution in [1.82, 2.24) is 14.7 Å². The maximum Gasteiger partial charge on any atom is 0.219 e. The molecule has 1 fully saturated rings. The SMILES string of the molecule is CN(CC1CN=C(c2cnn(C)c2)O1)C[C@H]1CCCO1. The van der Waals surface area contributed by atoms with Crippen LogP contribution in [-0.4, -0.2) is 66.1 Å². The molecule has 0 spiro atoms. The second-order valence-electron chi connectivity index (χ2n) is 5.64. The van der Waals surface area contributed by atoms with Gasteiger partial charge in [0.25, 0.3) is 0 Å². The van der Waals surface area contributed by atoms with Gasteiger partial charge in [0, 0.05) is 32.9 Å². The van der Waals surface area contributed by atoms with Crippen LogP contribution in [0.3, 0.4) is 0 Å². The van der Waals surface area contributed by atoms with E-state index in [4.69, 9.17) is 9.47 Å². The molecule has 20 heavy (non-hydrogen) atoms. The third kappa shape index (κ3) is 3.19. The molecule has 2 aliphatic rings. The van der Waals surface area contributed by atoms with Crippen LogP contribution in [0.15, 0.2) is 17.4 Å². The van der Waals surface area contributed by atoms with E-state index in [1.165, 1.54) is 12.8 Å². The summed E-state index contributed by atoms with van der Waals surface area (Å²) in [6.45, 7) is 3.49. The largest absolute Gasteiger partial charge is 0.471 e. The summed E-state index contributed by atoms with van der Waals surface area (Å²) in [6, 6.07) is 0. The number of aliphatic imine (C=N–C) groups is 1. The lowest BCUT2D eigenvalue weighted by Gasteiger charge is -2.23. The van der Waals surface area contributed by atoms with Crippen molar-refractivity contribution in [3.05, 3.63) is 18.0 Å². The number of aryl methyl sites for hydroxylation is 1. The number of aromatic nitrogens is 2. The molecule has 0 aliphatic carbocycles. The van der Waals surface area contributed by atoms with E-state index in [-0.39, 0.29) is 6.10 Å². The average molecular weight is 278 g/mol. The van der Waals surface area contributed by atoms with Crippen LogP contribution in [0, 0.1) is 0 Å². The van der Waals surface area contributed by atoms with Gasteiger partial charge in [-0.2, -0.15) is 5.10 Å². The lowest BCUT2D eigenvalue weighted by atomic mass is 10.2. The number of ether oxygens (including phenoxy) is 2. The van der Waals surface area contributed by atoms with Crippen LogP contribution < -0.4 is 0 Å². The Kier molecular flexibility index (Phi) is 4.03. The molecule has 6 heteroatoms. The molecule has 0 bridgehead atoms. The first-order valence-electron chi connectivity index (χ1n) is 7.21. The third-order valence-electron chi connectivity index (χ3n) is 3.72. The summed E-state index contributed by atoms with van der Waals surface area (Å²) in [7, 11) is 4.01. The Balaban J connectivity index is 1.46. The average Bonchev–Trinajstić information content (AvgIpc) is 3.10. The molecule has 110 valence electrons.